The Morgan fingerprint density at radius 1 is 1.33 bits per heavy atom. The molecule has 0 aliphatic heterocycles. The van der Waals surface area contributed by atoms with Gasteiger partial charge in [0.25, 0.3) is 0 Å². The van der Waals surface area contributed by atoms with Crippen molar-refractivity contribution in [2.75, 3.05) is 25.9 Å². The minimum Gasteiger partial charge on any atom is -0.484 e. The van der Waals surface area contributed by atoms with E-state index in [9.17, 15) is 0 Å². The molecule has 9 heavy (non-hydrogen) atoms. The van der Waals surface area contributed by atoms with Crippen molar-refractivity contribution < 1.29 is 4.74 Å². The third-order valence-corrected chi connectivity index (χ3v) is 1.50. The van der Waals surface area contributed by atoms with Crippen LogP contribution in [0.2, 0.25) is 0 Å². The number of rotatable bonds is 1. The third-order valence-electron chi connectivity index (χ3n) is 0.698. The van der Waals surface area contributed by atoms with Crippen molar-refractivity contribution in [1.82, 2.24) is 0 Å². The number of ether oxygens (including phenoxy) is 1. The molecule has 0 radical (unpaired) electrons. The summed E-state index contributed by atoms with van der Waals surface area (Å²) in [5.74, 6) is 0.775. The molecule has 56 valence electrons. The summed E-state index contributed by atoms with van der Waals surface area (Å²) in [4.78, 5) is 0. The van der Waals surface area contributed by atoms with Gasteiger partial charge in [-0.1, -0.05) is 0 Å². The van der Waals surface area contributed by atoms with Gasteiger partial charge in [0.1, 0.15) is 0 Å². The Morgan fingerprint density at radius 3 is 1.89 bits per heavy atom. The lowest BCUT2D eigenvalue weighted by atomic mass is 10.8. The molecule has 0 rings (SSSR count). The summed E-state index contributed by atoms with van der Waals surface area (Å²) in [7, 11) is 0.870. The number of nitrogens with zero attached hydrogens (tertiary/aromatic N) is 1. The fourth-order valence-electron chi connectivity index (χ4n) is 0.423. The van der Waals surface area contributed by atoms with Crippen LogP contribution in [0.15, 0.2) is 4.40 Å². The standard InChI is InChI=1S/C6H15NOS/c1-6(8-2)7-9(3,4)5/h1-5H3. The van der Waals surface area contributed by atoms with E-state index in [2.05, 4.69) is 23.2 Å². The SMILES string of the molecule is COC(C)=NS(C)(C)C. The molecule has 0 heterocycles. The molecule has 0 saturated carbocycles. The van der Waals surface area contributed by atoms with Crippen LogP contribution in [0.1, 0.15) is 6.92 Å². The van der Waals surface area contributed by atoms with E-state index in [0.29, 0.717) is 0 Å². The Labute approximate surface area is 58.8 Å². The lowest BCUT2D eigenvalue weighted by molar-refractivity contribution is 0.401. The van der Waals surface area contributed by atoms with E-state index in [1.807, 2.05) is 6.92 Å². The maximum atomic E-state index is 4.90. The van der Waals surface area contributed by atoms with E-state index in [1.165, 1.54) is 0 Å². The minimum absolute atomic E-state index is 0.773. The van der Waals surface area contributed by atoms with E-state index in [4.69, 9.17) is 4.74 Å². The molecule has 0 atom stereocenters. The van der Waals surface area contributed by atoms with Gasteiger partial charge in [-0.25, -0.2) is 4.40 Å². The van der Waals surface area contributed by atoms with Crippen molar-refractivity contribution in [3.8, 4) is 0 Å². The second-order valence-corrected chi connectivity index (χ2v) is 6.31. The van der Waals surface area contributed by atoms with Crippen LogP contribution >= 0.6 is 10.2 Å². The Morgan fingerprint density at radius 2 is 1.78 bits per heavy atom. The molecule has 0 N–H and O–H groups in total. The molecule has 3 heteroatoms. The highest BCUT2D eigenvalue weighted by Gasteiger charge is 1.99. The quantitative estimate of drug-likeness (QED) is 0.410. The summed E-state index contributed by atoms with van der Waals surface area (Å²) in [5.41, 5.74) is 0. The molecule has 0 aliphatic rings. The van der Waals surface area contributed by atoms with Gasteiger partial charge in [0, 0.05) is 6.92 Å². The van der Waals surface area contributed by atoms with Crippen molar-refractivity contribution >= 4 is 16.1 Å². The molecule has 0 aliphatic carbocycles. The highest BCUT2D eigenvalue weighted by Crippen LogP contribution is 2.36. The van der Waals surface area contributed by atoms with Gasteiger partial charge in [0.15, 0.2) is 5.90 Å². The van der Waals surface area contributed by atoms with Crippen LogP contribution < -0.4 is 0 Å². The first kappa shape index (κ1) is 8.82. The van der Waals surface area contributed by atoms with Crippen molar-refractivity contribution in [2.24, 2.45) is 4.40 Å². The largest absolute Gasteiger partial charge is 0.484 e. The molecule has 0 bridgehead atoms. The van der Waals surface area contributed by atoms with Crippen molar-refractivity contribution in [3.05, 3.63) is 0 Å². The summed E-state index contributed by atoms with van der Waals surface area (Å²) in [6, 6.07) is 0. The van der Waals surface area contributed by atoms with Gasteiger partial charge in [-0.05, 0) is 18.8 Å². The molecule has 0 spiro atoms. The summed E-state index contributed by atoms with van der Waals surface area (Å²) in [5, 5.41) is 0. The average molecular weight is 149 g/mol. The highest BCUT2D eigenvalue weighted by atomic mass is 32.3. The number of hydrogen-bond donors (Lipinski definition) is 0. The topological polar surface area (TPSA) is 21.6 Å². The average Bonchev–Trinajstić information content (AvgIpc) is 1.62. The molecule has 0 fully saturated rings. The van der Waals surface area contributed by atoms with Crippen molar-refractivity contribution in [3.63, 3.8) is 0 Å². The molecule has 0 saturated heterocycles. The van der Waals surface area contributed by atoms with E-state index in [-0.39, 0.29) is 0 Å². The van der Waals surface area contributed by atoms with Crippen LogP contribution in [0.5, 0.6) is 0 Å². The lowest BCUT2D eigenvalue weighted by Gasteiger charge is -2.18. The summed E-state index contributed by atoms with van der Waals surface area (Å²) in [6.45, 7) is 1.87. The summed E-state index contributed by atoms with van der Waals surface area (Å²) >= 11 is 0. The Hall–Kier alpha value is -0.180. The van der Waals surface area contributed by atoms with Gasteiger partial charge < -0.3 is 4.74 Å². The summed E-state index contributed by atoms with van der Waals surface area (Å²) < 4.78 is 9.20. The Balaban J connectivity index is 3.95. The maximum absolute atomic E-state index is 4.90. The van der Waals surface area contributed by atoms with Gasteiger partial charge in [-0.3, -0.25) is 0 Å². The molecule has 0 aromatic rings. The van der Waals surface area contributed by atoms with Gasteiger partial charge >= 0.3 is 0 Å². The first-order chi connectivity index (χ1) is 3.95. The molecule has 2 nitrogen and oxygen atoms in total. The Kier molecular flexibility index (Phi) is 3.04. The predicted octanol–water partition coefficient (Wildman–Crippen LogP) is 1.66. The predicted molar refractivity (Wildman–Crippen MR) is 45.5 cm³/mol. The smallest absolute Gasteiger partial charge is 0.189 e. The van der Waals surface area contributed by atoms with Crippen LogP contribution in [-0.4, -0.2) is 31.8 Å². The van der Waals surface area contributed by atoms with Crippen molar-refractivity contribution in [1.29, 1.82) is 0 Å². The molecule has 0 aromatic heterocycles. The zero-order chi connectivity index (χ0) is 7.49. The fourth-order valence-corrected chi connectivity index (χ4v) is 1.27. The highest BCUT2D eigenvalue weighted by molar-refractivity contribution is 8.31. The monoisotopic (exact) mass is 149 g/mol. The molecule has 0 aromatic carbocycles. The zero-order valence-electron chi connectivity index (χ0n) is 6.76. The molecular formula is C6H15NOS. The van der Waals surface area contributed by atoms with Gasteiger partial charge in [0.2, 0.25) is 0 Å². The second kappa shape index (κ2) is 3.11. The Bertz CT molecular complexity index is 115. The van der Waals surface area contributed by atoms with E-state index in [1.54, 1.807) is 7.11 Å². The van der Waals surface area contributed by atoms with Crippen molar-refractivity contribution in [2.45, 2.75) is 6.92 Å². The van der Waals surface area contributed by atoms with E-state index < -0.39 is 10.2 Å². The number of methoxy groups -OCH3 is 1. The van der Waals surface area contributed by atoms with Gasteiger partial charge in [-0.15, -0.1) is 0 Å². The first-order valence-electron chi connectivity index (χ1n) is 2.74. The minimum atomic E-state index is -0.773. The molecule has 0 unspecified atom stereocenters. The molecule has 0 amide bonds. The molecular weight excluding hydrogens is 134 g/mol. The van der Waals surface area contributed by atoms with Crippen LogP contribution in [0.25, 0.3) is 0 Å². The van der Waals surface area contributed by atoms with Gasteiger partial charge in [0.05, 0.1) is 7.11 Å². The van der Waals surface area contributed by atoms with Crippen LogP contribution in [0.3, 0.4) is 0 Å². The van der Waals surface area contributed by atoms with E-state index in [0.717, 1.165) is 5.90 Å². The van der Waals surface area contributed by atoms with Crippen LogP contribution in [0, 0.1) is 0 Å². The maximum Gasteiger partial charge on any atom is 0.189 e. The van der Waals surface area contributed by atoms with Gasteiger partial charge in [-0.2, -0.15) is 10.2 Å². The second-order valence-electron chi connectivity index (χ2n) is 2.59. The zero-order valence-corrected chi connectivity index (χ0v) is 7.58. The normalized spacial score (nSPS) is 15.4. The van der Waals surface area contributed by atoms with Crippen LogP contribution in [-0.2, 0) is 4.74 Å². The lowest BCUT2D eigenvalue weighted by Crippen LogP contribution is -1.97. The third kappa shape index (κ3) is 5.69. The fraction of sp³-hybridized carbons (Fsp3) is 0.833. The first-order valence-corrected chi connectivity index (χ1v) is 5.56. The van der Waals surface area contributed by atoms with Crippen LogP contribution in [0.4, 0.5) is 0 Å². The number of hydrogen-bond acceptors (Lipinski definition) is 2. The summed E-state index contributed by atoms with van der Waals surface area (Å²) in [6.07, 6.45) is 6.36. The van der Waals surface area contributed by atoms with E-state index >= 15 is 0 Å².